The Bertz CT molecular complexity index is 236. The van der Waals surface area contributed by atoms with Crippen molar-refractivity contribution in [3.8, 4) is 0 Å². The van der Waals surface area contributed by atoms with Crippen LogP contribution < -0.4 is 5.32 Å². The van der Waals surface area contributed by atoms with Gasteiger partial charge in [-0.2, -0.15) is 0 Å². The summed E-state index contributed by atoms with van der Waals surface area (Å²) in [7, 11) is 0. The smallest absolute Gasteiger partial charge is 0.156 e. The summed E-state index contributed by atoms with van der Waals surface area (Å²) in [6.45, 7) is 10.1. The molecule has 0 aliphatic carbocycles. The second-order valence-corrected chi connectivity index (χ2v) is 6.61. The maximum Gasteiger partial charge on any atom is 0.156 e. The van der Waals surface area contributed by atoms with E-state index < -0.39 is 0 Å². The third kappa shape index (κ3) is 5.24. The number of hydrogen-bond donors (Lipinski definition) is 1. The molecule has 1 heterocycles. The lowest BCUT2D eigenvalue weighted by Crippen LogP contribution is -2.25. The number of amidine groups is 1. The van der Waals surface area contributed by atoms with Crippen molar-refractivity contribution in [2.24, 2.45) is 10.4 Å². The van der Waals surface area contributed by atoms with E-state index in [2.05, 4.69) is 33.0 Å². The minimum atomic E-state index is 0.357. The molecular weight excluding hydrogens is 216 g/mol. The highest BCUT2D eigenvalue weighted by Gasteiger charge is 2.19. The molecule has 0 aromatic rings. The van der Waals surface area contributed by atoms with Crippen LogP contribution in [-0.4, -0.2) is 23.5 Å². The van der Waals surface area contributed by atoms with Gasteiger partial charge in [0.05, 0.1) is 0 Å². The average Bonchev–Trinajstić information content (AvgIpc) is 2.62. The van der Waals surface area contributed by atoms with Crippen LogP contribution in [0.5, 0.6) is 0 Å². The van der Waals surface area contributed by atoms with Crippen LogP contribution >= 0.6 is 11.8 Å². The van der Waals surface area contributed by atoms with Gasteiger partial charge in [-0.05, 0) is 18.8 Å². The first-order valence-corrected chi connectivity index (χ1v) is 7.46. The summed E-state index contributed by atoms with van der Waals surface area (Å²) in [4.78, 5) is 4.69. The van der Waals surface area contributed by atoms with Crippen molar-refractivity contribution in [2.45, 2.75) is 59.4 Å². The van der Waals surface area contributed by atoms with E-state index in [1.165, 1.54) is 25.7 Å². The normalized spacial score (nSPS) is 23.8. The maximum absolute atomic E-state index is 4.69. The van der Waals surface area contributed by atoms with Crippen molar-refractivity contribution in [1.82, 2.24) is 5.32 Å². The zero-order valence-electron chi connectivity index (χ0n) is 11.2. The van der Waals surface area contributed by atoms with Gasteiger partial charge in [-0.1, -0.05) is 51.8 Å². The molecule has 0 amide bonds. The van der Waals surface area contributed by atoms with Crippen molar-refractivity contribution >= 4 is 16.9 Å². The zero-order valence-corrected chi connectivity index (χ0v) is 12.0. The molecule has 0 spiro atoms. The first kappa shape index (κ1) is 13.9. The number of aliphatic imine (C=N–C) groups is 1. The Labute approximate surface area is 105 Å². The molecule has 1 saturated heterocycles. The van der Waals surface area contributed by atoms with E-state index in [-0.39, 0.29) is 0 Å². The lowest BCUT2D eigenvalue weighted by Gasteiger charge is -2.22. The summed E-state index contributed by atoms with van der Waals surface area (Å²) in [5.74, 6) is 1.16. The fraction of sp³-hybridized carbons (Fsp3) is 0.923. The molecule has 0 aromatic heterocycles. The Morgan fingerprint density at radius 2 is 2.19 bits per heavy atom. The van der Waals surface area contributed by atoms with E-state index >= 15 is 0 Å². The third-order valence-electron chi connectivity index (χ3n) is 2.95. The predicted molar refractivity (Wildman–Crippen MR) is 75.3 cm³/mol. The molecule has 1 rings (SSSR count). The van der Waals surface area contributed by atoms with Crippen molar-refractivity contribution < 1.29 is 0 Å². The highest BCUT2D eigenvalue weighted by Crippen LogP contribution is 2.25. The van der Waals surface area contributed by atoms with Crippen LogP contribution in [0, 0.1) is 5.41 Å². The van der Waals surface area contributed by atoms with Gasteiger partial charge in [-0.15, -0.1) is 0 Å². The molecule has 1 fully saturated rings. The van der Waals surface area contributed by atoms with Gasteiger partial charge >= 0.3 is 0 Å². The summed E-state index contributed by atoms with van der Waals surface area (Å²) in [6, 6.07) is 0.590. The van der Waals surface area contributed by atoms with Gasteiger partial charge in [0.1, 0.15) is 0 Å². The molecule has 16 heavy (non-hydrogen) atoms. The second-order valence-electron chi connectivity index (χ2n) is 5.60. The van der Waals surface area contributed by atoms with E-state index in [1.807, 2.05) is 11.8 Å². The standard InChI is InChI=1S/C13H26N2S/c1-5-6-7-8-13(3,4)10-14-12-15-11(2)9-16-12/h11H,5-10H2,1-4H3,(H,14,15). The summed E-state index contributed by atoms with van der Waals surface area (Å²) in [5.41, 5.74) is 0.357. The Kier molecular flexibility index (Phi) is 5.67. The van der Waals surface area contributed by atoms with Crippen molar-refractivity contribution in [3.05, 3.63) is 0 Å². The molecule has 1 N–H and O–H groups in total. The third-order valence-corrected chi connectivity index (χ3v) is 4.13. The predicted octanol–water partition coefficient (Wildman–Crippen LogP) is 3.67. The fourth-order valence-electron chi connectivity index (χ4n) is 1.81. The number of rotatable bonds is 6. The summed E-state index contributed by atoms with van der Waals surface area (Å²) < 4.78 is 0. The molecular formula is C13H26N2S. The van der Waals surface area contributed by atoms with E-state index in [4.69, 9.17) is 4.99 Å². The Morgan fingerprint density at radius 3 is 2.75 bits per heavy atom. The van der Waals surface area contributed by atoms with Crippen LogP contribution in [0.3, 0.4) is 0 Å². The molecule has 3 heteroatoms. The monoisotopic (exact) mass is 242 g/mol. The maximum atomic E-state index is 4.69. The summed E-state index contributed by atoms with van der Waals surface area (Å²) >= 11 is 1.86. The topological polar surface area (TPSA) is 24.4 Å². The van der Waals surface area contributed by atoms with Gasteiger partial charge in [0.2, 0.25) is 0 Å². The number of thioether (sulfide) groups is 1. The molecule has 1 unspecified atom stereocenters. The minimum Gasteiger partial charge on any atom is -0.362 e. The SMILES string of the molecule is CCCCCC(C)(C)CN=C1NC(C)CS1. The summed E-state index contributed by atoms with van der Waals surface area (Å²) in [5, 5.41) is 4.56. The highest BCUT2D eigenvalue weighted by atomic mass is 32.2. The van der Waals surface area contributed by atoms with Crippen molar-refractivity contribution in [2.75, 3.05) is 12.3 Å². The quantitative estimate of drug-likeness (QED) is 0.719. The van der Waals surface area contributed by atoms with Crippen molar-refractivity contribution in [3.63, 3.8) is 0 Å². The molecule has 94 valence electrons. The van der Waals surface area contributed by atoms with Gasteiger partial charge < -0.3 is 5.32 Å². The number of nitrogens with zero attached hydrogens (tertiary/aromatic N) is 1. The molecule has 0 radical (unpaired) electrons. The van der Waals surface area contributed by atoms with Crippen molar-refractivity contribution in [1.29, 1.82) is 0 Å². The number of nitrogens with one attached hydrogen (secondary N) is 1. The van der Waals surface area contributed by atoms with Crippen LogP contribution in [0.2, 0.25) is 0 Å². The highest BCUT2D eigenvalue weighted by molar-refractivity contribution is 8.14. The fourth-order valence-corrected chi connectivity index (χ4v) is 2.74. The largest absolute Gasteiger partial charge is 0.362 e. The molecule has 2 nitrogen and oxygen atoms in total. The Balaban J connectivity index is 2.29. The molecule has 1 atom stereocenters. The van der Waals surface area contributed by atoms with E-state index in [1.54, 1.807) is 0 Å². The van der Waals surface area contributed by atoms with Gasteiger partial charge in [-0.25, -0.2) is 0 Å². The van der Waals surface area contributed by atoms with Crippen LogP contribution in [-0.2, 0) is 0 Å². The number of hydrogen-bond acceptors (Lipinski definition) is 2. The molecule has 1 aliphatic rings. The molecule has 0 saturated carbocycles. The lowest BCUT2D eigenvalue weighted by molar-refractivity contribution is 0.333. The molecule has 0 aromatic carbocycles. The van der Waals surface area contributed by atoms with E-state index in [9.17, 15) is 0 Å². The first-order chi connectivity index (χ1) is 7.53. The molecule has 1 aliphatic heterocycles. The molecule has 0 bridgehead atoms. The van der Waals surface area contributed by atoms with E-state index in [0.29, 0.717) is 11.5 Å². The Morgan fingerprint density at radius 1 is 1.44 bits per heavy atom. The minimum absolute atomic E-state index is 0.357. The van der Waals surface area contributed by atoms with Crippen LogP contribution in [0.25, 0.3) is 0 Å². The zero-order chi connectivity index (χ0) is 12.0. The lowest BCUT2D eigenvalue weighted by atomic mass is 9.87. The van der Waals surface area contributed by atoms with Crippen LogP contribution in [0.1, 0.15) is 53.4 Å². The van der Waals surface area contributed by atoms with Gasteiger partial charge in [-0.3, -0.25) is 4.99 Å². The van der Waals surface area contributed by atoms with E-state index in [0.717, 1.165) is 17.5 Å². The number of unbranched alkanes of at least 4 members (excludes halogenated alkanes) is 2. The van der Waals surface area contributed by atoms with Gasteiger partial charge in [0.15, 0.2) is 5.17 Å². The van der Waals surface area contributed by atoms with Crippen LogP contribution in [0.4, 0.5) is 0 Å². The first-order valence-electron chi connectivity index (χ1n) is 6.47. The van der Waals surface area contributed by atoms with Gasteiger partial charge in [0.25, 0.3) is 0 Å². The summed E-state index contributed by atoms with van der Waals surface area (Å²) in [6.07, 6.45) is 5.28. The van der Waals surface area contributed by atoms with Crippen LogP contribution in [0.15, 0.2) is 4.99 Å². The Hall–Kier alpha value is -0.180. The van der Waals surface area contributed by atoms with Gasteiger partial charge in [0, 0.05) is 18.3 Å². The average molecular weight is 242 g/mol. The second kappa shape index (κ2) is 6.53.